The molecule has 5 nitrogen and oxygen atoms in total. The highest BCUT2D eigenvalue weighted by molar-refractivity contribution is 7.22. The van der Waals surface area contributed by atoms with Crippen LogP contribution in [0, 0.1) is 6.92 Å². The summed E-state index contributed by atoms with van der Waals surface area (Å²) in [4.78, 5) is 16.2. The van der Waals surface area contributed by atoms with E-state index in [1.807, 2.05) is 0 Å². The molecule has 0 radical (unpaired) electrons. The number of nitrogens with zero attached hydrogens (tertiary/aromatic N) is 4. The summed E-state index contributed by atoms with van der Waals surface area (Å²) < 4.78 is 1.10. The molecule has 1 aliphatic heterocycles. The molecule has 20 heavy (non-hydrogen) atoms. The van der Waals surface area contributed by atoms with Crippen LogP contribution in [0.3, 0.4) is 0 Å². The first-order valence-electron chi connectivity index (χ1n) is 7.42. The lowest BCUT2D eigenvalue weighted by atomic mass is 10.3. The molecule has 0 aromatic carbocycles. The van der Waals surface area contributed by atoms with Gasteiger partial charge in [-0.2, -0.15) is 9.97 Å². The molecule has 2 aromatic heterocycles. The van der Waals surface area contributed by atoms with E-state index in [0.717, 1.165) is 46.8 Å². The number of rotatable bonds is 5. The Morgan fingerprint density at radius 1 is 1.20 bits per heavy atom. The fourth-order valence-electron chi connectivity index (χ4n) is 2.45. The van der Waals surface area contributed by atoms with Crippen molar-refractivity contribution < 1.29 is 0 Å². The van der Waals surface area contributed by atoms with Gasteiger partial charge in [0.15, 0.2) is 10.8 Å². The Morgan fingerprint density at radius 2 is 2.00 bits per heavy atom. The summed E-state index contributed by atoms with van der Waals surface area (Å²) in [5.41, 5.74) is 1.88. The van der Waals surface area contributed by atoms with Crippen molar-refractivity contribution >= 4 is 32.8 Å². The maximum Gasteiger partial charge on any atom is 0.227 e. The number of unbranched alkanes of at least 4 members (excludes halogenated alkanes) is 1. The van der Waals surface area contributed by atoms with Crippen molar-refractivity contribution in [2.45, 2.75) is 39.5 Å². The monoisotopic (exact) mass is 291 g/mol. The van der Waals surface area contributed by atoms with Crippen molar-refractivity contribution in [2.24, 2.45) is 0 Å². The molecular formula is C14H21N5S. The van der Waals surface area contributed by atoms with Crippen LogP contribution in [0.5, 0.6) is 0 Å². The molecule has 0 atom stereocenters. The smallest absolute Gasteiger partial charge is 0.227 e. The van der Waals surface area contributed by atoms with E-state index in [9.17, 15) is 0 Å². The number of aromatic nitrogens is 3. The summed E-state index contributed by atoms with van der Waals surface area (Å²) in [6.07, 6.45) is 4.83. The largest absolute Gasteiger partial charge is 0.361 e. The van der Waals surface area contributed by atoms with Gasteiger partial charge in [-0.1, -0.05) is 24.7 Å². The normalized spacial score (nSPS) is 15.2. The molecule has 0 unspecified atom stereocenters. The summed E-state index contributed by atoms with van der Waals surface area (Å²) in [5.74, 6) is 0.845. The van der Waals surface area contributed by atoms with E-state index in [0.29, 0.717) is 0 Å². The molecule has 0 saturated carbocycles. The Balaban J connectivity index is 1.86. The van der Waals surface area contributed by atoms with Crippen LogP contribution < -0.4 is 10.2 Å². The van der Waals surface area contributed by atoms with Gasteiger partial charge in [-0.25, -0.2) is 4.98 Å². The van der Waals surface area contributed by atoms with Crippen molar-refractivity contribution in [2.75, 3.05) is 29.9 Å². The first kappa shape index (κ1) is 13.5. The van der Waals surface area contributed by atoms with Gasteiger partial charge in [0.05, 0.1) is 10.4 Å². The lowest BCUT2D eigenvalue weighted by molar-refractivity contribution is 0.833. The van der Waals surface area contributed by atoms with Crippen LogP contribution >= 0.6 is 11.3 Å². The number of anilines is 2. The number of aryl methyl sites for hydroxylation is 1. The van der Waals surface area contributed by atoms with Gasteiger partial charge >= 0.3 is 0 Å². The first-order chi connectivity index (χ1) is 9.78. The molecule has 3 rings (SSSR count). The fourth-order valence-corrected chi connectivity index (χ4v) is 3.33. The van der Waals surface area contributed by atoms with E-state index >= 15 is 0 Å². The Morgan fingerprint density at radius 3 is 2.75 bits per heavy atom. The first-order valence-corrected chi connectivity index (χ1v) is 8.23. The van der Waals surface area contributed by atoms with Gasteiger partial charge in [0.2, 0.25) is 5.95 Å². The van der Waals surface area contributed by atoms with Crippen molar-refractivity contribution in [3.05, 3.63) is 5.69 Å². The van der Waals surface area contributed by atoms with Gasteiger partial charge in [0.25, 0.3) is 0 Å². The topological polar surface area (TPSA) is 53.9 Å². The van der Waals surface area contributed by atoms with Crippen LogP contribution in [0.1, 0.15) is 38.3 Å². The second-order valence-corrected chi connectivity index (χ2v) is 6.25. The van der Waals surface area contributed by atoms with E-state index in [1.165, 1.54) is 25.7 Å². The Bertz CT molecular complexity index is 589. The van der Waals surface area contributed by atoms with Crippen LogP contribution in [0.2, 0.25) is 0 Å². The SMILES string of the molecule is CCCCNc1nc2nc(N3CCCC3)nc(C)c2s1. The molecule has 3 heterocycles. The van der Waals surface area contributed by atoms with E-state index in [4.69, 9.17) is 0 Å². The minimum Gasteiger partial charge on any atom is -0.361 e. The molecule has 0 aliphatic carbocycles. The minimum atomic E-state index is 0.836. The van der Waals surface area contributed by atoms with Gasteiger partial charge in [-0.3, -0.25) is 0 Å². The maximum absolute atomic E-state index is 4.65. The molecule has 1 N–H and O–H groups in total. The quantitative estimate of drug-likeness (QED) is 0.857. The summed E-state index contributed by atoms with van der Waals surface area (Å²) in [6.45, 7) is 7.35. The third-order valence-corrected chi connectivity index (χ3v) is 4.72. The Labute approximate surface area is 123 Å². The minimum absolute atomic E-state index is 0.836. The van der Waals surface area contributed by atoms with E-state index < -0.39 is 0 Å². The molecule has 1 fully saturated rings. The molecule has 1 saturated heterocycles. The van der Waals surface area contributed by atoms with Crippen LogP contribution in [0.25, 0.3) is 10.3 Å². The number of hydrogen-bond acceptors (Lipinski definition) is 6. The Kier molecular flexibility index (Phi) is 4.00. The second-order valence-electron chi connectivity index (χ2n) is 5.26. The van der Waals surface area contributed by atoms with Crippen molar-refractivity contribution in [3.63, 3.8) is 0 Å². The molecule has 108 valence electrons. The highest BCUT2D eigenvalue weighted by Crippen LogP contribution is 2.29. The van der Waals surface area contributed by atoms with Gasteiger partial charge in [-0.05, 0) is 26.2 Å². The third kappa shape index (κ3) is 2.70. The summed E-state index contributed by atoms with van der Waals surface area (Å²) in [5, 5.41) is 4.34. The summed E-state index contributed by atoms with van der Waals surface area (Å²) >= 11 is 1.66. The van der Waals surface area contributed by atoms with Crippen molar-refractivity contribution in [1.29, 1.82) is 0 Å². The van der Waals surface area contributed by atoms with E-state index in [1.54, 1.807) is 11.3 Å². The summed E-state index contributed by atoms with van der Waals surface area (Å²) in [7, 11) is 0. The van der Waals surface area contributed by atoms with Gasteiger partial charge in [0, 0.05) is 19.6 Å². The van der Waals surface area contributed by atoms with Crippen LogP contribution in [0.4, 0.5) is 11.1 Å². The standard InChI is InChI=1S/C14H21N5S/c1-3-4-7-15-14-18-12-11(20-14)10(2)16-13(17-12)19-8-5-6-9-19/h3-9H2,1-2H3,(H,15,16,17,18). The molecule has 0 bridgehead atoms. The van der Waals surface area contributed by atoms with E-state index in [2.05, 4.69) is 39.0 Å². The number of fused-ring (bicyclic) bond motifs is 1. The predicted molar refractivity (Wildman–Crippen MR) is 84.8 cm³/mol. The Hall–Kier alpha value is -1.43. The maximum atomic E-state index is 4.65. The predicted octanol–water partition coefficient (Wildman–Crippen LogP) is 3.21. The zero-order valence-electron chi connectivity index (χ0n) is 12.1. The van der Waals surface area contributed by atoms with E-state index in [-0.39, 0.29) is 0 Å². The molecule has 0 amide bonds. The number of thiazole rings is 1. The number of nitrogens with one attached hydrogen (secondary N) is 1. The zero-order chi connectivity index (χ0) is 13.9. The van der Waals surface area contributed by atoms with Crippen molar-refractivity contribution in [1.82, 2.24) is 15.0 Å². The van der Waals surface area contributed by atoms with Crippen LogP contribution in [-0.4, -0.2) is 34.6 Å². The molecular weight excluding hydrogens is 270 g/mol. The van der Waals surface area contributed by atoms with Crippen LogP contribution in [-0.2, 0) is 0 Å². The molecule has 2 aromatic rings. The van der Waals surface area contributed by atoms with Gasteiger partial charge in [-0.15, -0.1) is 0 Å². The average Bonchev–Trinajstić information content (AvgIpc) is 3.07. The van der Waals surface area contributed by atoms with Crippen LogP contribution in [0.15, 0.2) is 0 Å². The lowest BCUT2D eigenvalue weighted by Gasteiger charge is -2.14. The van der Waals surface area contributed by atoms with Crippen molar-refractivity contribution in [3.8, 4) is 0 Å². The number of hydrogen-bond donors (Lipinski definition) is 1. The summed E-state index contributed by atoms with van der Waals surface area (Å²) in [6, 6.07) is 0. The van der Waals surface area contributed by atoms with Gasteiger partial charge < -0.3 is 10.2 Å². The fraction of sp³-hybridized carbons (Fsp3) is 0.643. The zero-order valence-corrected chi connectivity index (χ0v) is 13.0. The molecule has 1 aliphatic rings. The third-order valence-electron chi connectivity index (χ3n) is 3.61. The van der Waals surface area contributed by atoms with Gasteiger partial charge in [0.1, 0.15) is 0 Å². The molecule has 0 spiro atoms. The average molecular weight is 291 g/mol. The highest BCUT2D eigenvalue weighted by atomic mass is 32.1. The lowest BCUT2D eigenvalue weighted by Crippen LogP contribution is -2.20. The molecule has 6 heteroatoms. The second kappa shape index (κ2) is 5.91. The highest BCUT2D eigenvalue weighted by Gasteiger charge is 2.18.